The minimum absolute atomic E-state index is 0.205. The summed E-state index contributed by atoms with van der Waals surface area (Å²) in [6.45, 7) is -0.0530. The van der Waals surface area contributed by atoms with Gasteiger partial charge in [-0.2, -0.15) is 4.31 Å². The van der Waals surface area contributed by atoms with Gasteiger partial charge in [-0.25, -0.2) is 13.2 Å². The number of nitrogens with zero attached hydrogens (tertiary/aromatic N) is 1. The molecule has 0 atom stereocenters. The number of sulfonamides is 1. The molecule has 2 heterocycles. The van der Waals surface area contributed by atoms with Crippen LogP contribution < -0.4 is 4.74 Å². The number of hydrogen-bond acceptors (Lipinski definition) is 6. The van der Waals surface area contributed by atoms with Crippen molar-refractivity contribution >= 4 is 27.3 Å². The van der Waals surface area contributed by atoms with Crippen LogP contribution in [-0.4, -0.2) is 48.6 Å². The lowest BCUT2D eigenvalue weighted by Gasteiger charge is -2.37. The standard InChI is InChI=1S/C17H19NO6S2/c19-15(20)12-24-14-4-1-3-13(11-14)17(21)6-8-18(9-7-17)26(22,23)16-5-2-10-25-16/h1-5,10-11,21H,6-9,12H2,(H,19,20). The minimum Gasteiger partial charge on any atom is -0.482 e. The average Bonchev–Trinajstić information content (AvgIpc) is 3.16. The summed E-state index contributed by atoms with van der Waals surface area (Å²) >= 11 is 1.17. The predicted molar refractivity (Wildman–Crippen MR) is 95.8 cm³/mol. The number of aliphatic carboxylic acids is 1. The van der Waals surface area contributed by atoms with Crippen molar-refractivity contribution in [1.29, 1.82) is 0 Å². The first-order valence-electron chi connectivity index (χ1n) is 8.02. The predicted octanol–water partition coefficient (Wildman–Crippen LogP) is 1.88. The lowest BCUT2D eigenvalue weighted by molar-refractivity contribution is -0.139. The molecule has 0 aliphatic carbocycles. The highest BCUT2D eigenvalue weighted by atomic mass is 32.2. The van der Waals surface area contributed by atoms with Gasteiger partial charge in [0.1, 0.15) is 9.96 Å². The SMILES string of the molecule is O=C(O)COc1cccc(C2(O)CCN(S(=O)(=O)c3cccs3)CC2)c1. The molecule has 1 fully saturated rings. The molecule has 3 rings (SSSR count). The highest BCUT2D eigenvalue weighted by Crippen LogP contribution is 2.36. The fourth-order valence-electron chi connectivity index (χ4n) is 2.94. The minimum atomic E-state index is -3.53. The van der Waals surface area contributed by atoms with Crippen molar-refractivity contribution in [3.05, 3.63) is 47.3 Å². The number of rotatable bonds is 6. The molecule has 0 saturated carbocycles. The zero-order valence-electron chi connectivity index (χ0n) is 13.9. The van der Waals surface area contributed by atoms with E-state index in [1.807, 2.05) is 0 Å². The maximum absolute atomic E-state index is 12.6. The smallest absolute Gasteiger partial charge is 0.341 e. The Morgan fingerprint density at radius 3 is 2.58 bits per heavy atom. The average molecular weight is 397 g/mol. The summed E-state index contributed by atoms with van der Waals surface area (Å²) in [5, 5.41) is 21.4. The van der Waals surface area contributed by atoms with Crippen LogP contribution in [-0.2, 0) is 20.4 Å². The van der Waals surface area contributed by atoms with Gasteiger partial charge >= 0.3 is 5.97 Å². The second-order valence-electron chi connectivity index (χ2n) is 6.08. The van der Waals surface area contributed by atoms with Gasteiger partial charge in [0.05, 0.1) is 5.60 Å². The van der Waals surface area contributed by atoms with Gasteiger partial charge in [-0.1, -0.05) is 18.2 Å². The Hall–Kier alpha value is -1.94. The van der Waals surface area contributed by atoms with Crippen LogP contribution in [0.5, 0.6) is 5.75 Å². The summed E-state index contributed by atoms with van der Waals surface area (Å²) in [5.41, 5.74) is -0.585. The highest BCUT2D eigenvalue weighted by molar-refractivity contribution is 7.91. The number of benzene rings is 1. The summed E-state index contributed by atoms with van der Waals surface area (Å²) in [6, 6.07) is 9.90. The van der Waals surface area contributed by atoms with Crippen molar-refractivity contribution in [2.45, 2.75) is 22.7 Å². The summed E-state index contributed by atoms with van der Waals surface area (Å²) in [7, 11) is -3.53. The molecule has 26 heavy (non-hydrogen) atoms. The van der Waals surface area contributed by atoms with Crippen molar-refractivity contribution < 1.29 is 28.2 Å². The molecule has 2 N–H and O–H groups in total. The van der Waals surface area contributed by atoms with Crippen LogP contribution in [0.25, 0.3) is 0 Å². The third-order valence-electron chi connectivity index (χ3n) is 4.37. The van der Waals surface area contributed by atoms with Crippen LogP contribution in [0.3, 0.4) is 0 Å². The van der Waals surface area contributed by atoms with Crippen molar-refractivity contribution in [3.63, 3.8) is 0 Å². The molecule has 1 saturated heterocycles. The van der Waals surface area contributed by atoms with Crippen LogP contribution >= 0.6 is 11.3 Å². The van der Waals surface area contributed by atoms with Gasteiger partial charge in [-0.05, 0) is 42.0 Å². The van der Waals surface area contributed by atoms with E-state index in [4.69, 9.17) is 9.84 Å². The van der Waals surface area contributed by atoms with Crippen LogP contribution in [0.15, 0.2) is 46.0 Å². The first-order valence-corrected chi connectivity index (χ1v) is 10.3. The summed E-state index contributed by atoms with van der Waals surface area (Å²) in [6.07, 6.45) is 0.500. The second kappa shape index (κ2) is 7.36. The largest absolute Gasteiger partial charge is 0.482 e. The van der Waals surface area contributed by atoms with E-state index in [2.05, 4.69) is 0 Å². The van der Waals surface area contributed by atoms with Crippen LogP contribution in [0.2, 0.25) is 0 Å². The van der Waals surface area contributed by atoms with Gasteiger partial charge in [-0.3, -0.25) is 0 Å². The highest BCUT2D eigenvalue weighted by Gasteiger charge is 2.38. The molecule has 9 heteroatoms. The van der Waals surface area contributed by atoms with E-state index in [0.717, 1.165) is 0 Å². The Bertz CT molecular complexity index is 870. The Morgan fingerprint density at radius 2 is 1.96 bits per heavy atom. The molecule has 1 aliphatic heterocycles. The number of hydrogen-bond donors (Lipinski definition) is 2. The molecular formula is C17H19NO6S2. The van der Waals surface area contributed by atoms with E-state index in [0.29, 0.717) is 15.5 Å². The van der Waals surface area contributed by atoms with Crippen molar-refractivity contribution in [3.8, 4) is 5.75 Å². The number of piperidine rings is 1. The van der Waals surface area contributed by atoms with Crippen molar-refractivity contribution in [1.82, 2.24) is 4.31 Å². The van der Waals surface area contributed by atoms with Gasteiger partial charge in [0.2, 0.25) is 0 Å². The third-order valence-corrected chi connectivity index (χ3v) is 7.64. The van der Waals surface area contributed by atoms with E-state index >= 15 is 0 Å². The van der Waals surface area contributed by atoms with Crippen LogP contribution in [0, 0.1) is 0 Å². The van der Waals surface area contributed by atoms with Gasteiger partial charge in [0.15, 0.2) is 6.61 Å². The number of carbonyl (C=O) groups is 1. The van der Waals surface area contributed by atoms with Gasteiger partial charge in [0.25, 0.3) is 10.0 Å². The maximum Gasteiger partial charge on any atom is 0.341 e. The lowest BCUT2D eigenvalue weighted by Crippen LogP contribution is -2.44. The monoisotopic (exact) mass is 397 g/mol. The summed E-state index contributed by atoms with van der Waals surface area (Å²) in [4.78, 5) is 10.6. The summed E-state index contributed by atoms with van der Waals surface area (Å²) < 4.78 is 32.0. The molecule has 0 bridgehead atoms. The maximum atomic E-state index is 12.6. The molecule has 0 unspecified atom stereocenters. The topological polar surface area (TPSA) is 104 Å². The van der Waals surface area contributed by atoms with E-state index < -0.39 is 28.2 Å². The normalized spacial score (nSPS) is 17.7. The van der Waals surface area contributed by atoms with E-state index in [9.17, 15) is 18.3 Å². The van der Waals surface area contributed by atoms with Gasteiger partial charge in [-0.15, -0.1) is 11.3 Å². The molecule has 1 aromatic carbocycles. The molecular weight excluding hydrogens is 378 g/mol. The number of carboxylic acids is 1. The summed E-state index contributed by atoms with van der Waals surface area (Å²) in [5.74, 6) is -0.729. The van der Waals surface area contributed by atoms with E-state index in [-0.39, 0.29) is 25.9 Å². The number of aliphatic hydroxyl groups is 1. The number of carboxylic acid groups (broad SMARTS) is 1. The van der Waals surface area contributed by atoms with Crippen molar-refractivity contribution in [2.75, 3.05) is 19.7 Å². The second-order valence-corrected chi connectivity index (χ2v) is 9.19. The van der Waals surface area contributed by atoms with Crippen molar-refractivity contribution in [2.24, 2.45) is 0 Å². The number of thiophene rings is 1. The third kappa shape index (κ3) is 3.90. The first kappa shape index (κ1) is 18.8. The molecule has 0 amide bonds. The molecule has 0 spiro atoms. The Kier molecular flexibility index (Phi) is 5.33. The zero-order chi connectivity index (χ0) is 18.8. The Morgan fingerprint density at radius 1 is 1.23 bits per heavy atom. The molecule has 7 nitrogen and oxygen atoms in total. The molecule has 1 aliphatic rings. The van der Waals surface area contributed by atoms with Gasteiger partial charge < -0.3 is 14.9 Å². The van der Waals surface area contributed by atoms with Crippen LogP contribution in [0.4, 0.5) is 0 Å². The number of ether oxygens (including phenoxy) is 1. The quantitative estimate of drug-likeness (QED) is 0.771. The lowest BCUT2D eigenvalue weighted by atomic mass is 9.85. The molecule has 1 aromatic heterocycles. The first-order chi connectivity index (χ1) is 12.3. The van der Waals surface area contributed by atoms with E-state index in [1.165, 1.54) is 15.6 Å². The molecule has 140 valence electrons. The molecule has 2 aromatic rings. The zero-order valence-corrected chi connectivity index (χ0v) is 15.5. The molecule has 0 radical (unpaired) electrons. The Labute approximate surface area is 155 Å². The van der Waals surface area contributed by atoms with Gasteiger partial charge in [0, 0.05) is 13.1 Å². The van der Waals surface area contributed by atoms with E-state index in [1.54, 1.807) is 41.8 Å². The Balaban J connectivity index is 1.72. The fourth-order valence-corrected chi connectivity index (χ4v) is 5.53. The van der Waals surface area contributed by atoms with Crippen LogP contribution in [0.1, 0.15) is 18.4 Å². The fraction of sp³-hybridized carbons (Fsp3) is 0.353.